The second-order valence-corrected chi connectivity index (χ2v) is 6.72. The molecule has 3 rings (SSSR count). The fourth-order valence-corrected chi connectivity index (χ4v) is 3.54. The lowest BCUT2D eigenvalue weighted by molar-refractivity contribution is 0.202. The van der Waals surface area contributed by atoms with E-state index in [1.54, 1.807) is 6.26 Å². The van der Waals surface area contributed by atoms with Gasteiger partial charge in [-0.05, 0) is 64.9 Å². The van der Waals surface area contributed by atoms with Crippen LogP contribution in [0.4, 0.5) is 4.79 Å². The van der Waals surface area contributed by atoms with Crippen LogP contribution in [-0.2, 0) is 0 Å². The Balaban J connectivity index is 1.57. The highest BCUT2D eigenvalue weighted by atomic mass is 16.3. The number of furan rings is 2. The zero-order valence-corrected chi connectivity index (χ0v) is 15.2. The highest BCUT2D eigenvalue weighted by molar-refractivity contribution is 5.74. The maximum absolute atomic E-state index is 12.3. The number of carbonyl (C=O) groups excluding carboxylic acids is 1. The van der Waals surface area contributed by atoms with Crippen LogP contribution in [-0.4, -0.2) is 30.6 Å². The van der Waals surface area contributed by atoms with Gasteiger partial charge in [-0.25, -0.2) is 4.79 Å². The van der Waals surface area contributed by atoms with Crippen molar-refractivity contribution in [1.82, 2.24) is 15.5 Å². The van der Waals surface area contributed by atoms with Gasteiger partial charge in [0.1, 0.15) is 17.3 Å². The number of aryl methyl sites for hydroxylation is 2. The Kier molecular flexibility index (Phi) is 5.48. The Morgan fingerprint density at radius 2 is 2.08 bits per heavy atom. The van der Waals surface area contributed by atoms with Crippen LogP contribution >= 0.6 is 0 Å². The monoisotopic (exact) mass is 345 g/mol. The second-order valence-electron chi connectivity index (χ2n) is 6.72. The normalized spacial score (nSPS) is 17.4. The molecule has 1 fully saturated rings. The van der Waals surface area contributed by atoms with Gasteiger partial charge in [0.2, 0.25) is 0 Å². The standard InChI is InChI=1S/C19H27N3O3/c1-13-11-16(15(3)25-13)14(2)21-19(23)20-12-17(18-7-6-10-24-18)22-8-4-5-9-22/h6-7,10-11,14,17H,4-5,8-9,12H2,1-3H3,(H2,20,21,23). The summed E-state index contributed by atoms with van der Waals surface area (Å²) in [5.41, 5.74) is 1.01. The molecule has 0 aromatic carbocycles. The van der Waals surface area contributed by atoms with Crippen molar-refractivity contribution in [3.63, 3.8) is 0 Å². The fraction of sp³-hybridized carbons (Fsp3) is 0.526. The van der Waals surface area contributed by atoms with E-state index in [0.29, 0.717) is 6.54 Å². The van der Waals surface area contributed by atoms with Gasteiger partial charge in [0.15, 0.2) is 0 Å². The van der Waals surface area contributed by atoms with Crippen molar-refractivity contribution in [2.75, 3.05) is 19.6 Å². The van der Waals surface area contributed by atoms with Crippen molar-refractivity contribution in [2.45, 2.75) is 45.7 Å². The Labute approximate surface area is 148 Å². The van der Waals surface area contributed by atoms with E-state index < -0.39 is 0 Å². The van der Waals surface area contributed by atoms with Gasteiger partial charge < -0.3 is 19.5 Å². The van der Waals surface area contributed by atoms with Gasteiger partial charge in [-0.15, -0.1) is 0 Å². The van der Waals surface area contributed by atoms with E-state index in [0.717, 1.165) is 35.9 Å². The number of nitrogens with one attached hydrogen (secondary N) is 2. The van der Waals surface area contributed by atoms with Crippen LogP contribution in [0.1, 0.15) is 54.7 Å². The third kappa shape index (κ3) is 4.25. The first kappa shape index (κ1) is 17.6. The summed E-state index contributed by atoms with van der Waals surface area (Å²) in [7, 11) is 0. The largest absolute Gasteiger partial charge is 0.468 e. The van der Waals surface area contributed by atoms with Gasteiger partial charge >= 0.3 is 6.03 Å². The minimum absolute atomic E-state index is 0.0801. The van der Waals surface area contributed by atoms with Gasteiger partial charge in [0.25, 0.3) is 0 Å². The lowest BCUT2D eigenvalue weighted by Gasteiger charge is -2.26. The predicted molar refractivity (Wildman–Crippen MR) is 95.4 cm³/mol. The van der Waals surface area contributed by atoms with Crippen molar-refractivity contribution < 1.29 is 13.6 Å². The van der Waals surface area contributed by atoms with Gasteiger partial charge in [-0.3, -0.25) is 4.90 Å². The van der Waals surface area contributed by atoms with E-state index in [4.69, 9.17) is 8.83 Å². The molecule has 2 unspecified atom stereocenters. The summed E-state index contributed by atoms with van der Waals surface area (Å²) in [5.74, 6) is 2.60. The van der Waals surface area contributed by atoms with Crippen molar-refractivity contribution in [3.8, 4) is 0 Å². The molecule has 25 heavy (non-hydrogen) atoms. The summed E-state index contributed by atoms with van der Waals surface area (Å²) in [5, 5.41) is 5.97. The van der Waals surface area contributed by atoms with Crippen LogP contribution in [0.2, 0.25) is 0 Å². The number of urea groups is 1. The average Bonchev–Trinajstić information content (AvgIpc) is 3.30. The molecule has 1 saturated heterocycles. The Hall–Kier alpha value is -2.21. The van der Waals surface area contributed by atoms with Crippen LogP contribution in [0.3, 0.4) is 0 Å². The molecule has 6 heteroatoms. The molecule has 0 aliphatic carbocycles. The second kappa shape index (κ2) is 7.78. The molecule has 2 amide bonds. The molecule has 1 aliphatic heterocycles. The third-order valence-electron chi connectivity index (χ3n) is 4.80. The summed E-state index contributed by atoms with van der Waals surface area (Å²) in [4.78, 5) is 14.7. The van der Waals surface area contributed by atoms with E-state index in [2.05, 4.69) is 15.5 Å². The number of hydrogen-bond donors (Lipinski definition) is 2. The van der Waals surface area contributed by atoms with E-state index in [9.17, 15) is 4.79 Å². The van der Waals surface area contributed by atoms with E-state index in [1.807, 2.05) is 39.0 Å². The molecule has 136 valence electrons. The predicted octanol–water partition coefficient (Wildman–Crippen LogP) is 3.69. The third-order valence-corrected chi connectivity index (χ3v) is 4.80. The molecular weight excluding hydrogens is 318 g/mol. The summed E-state index contributed by atoms with van der Waals surface area (Å²) in [6.45, 7) is 8.39. The van der Waals surface area contributed by atoms with Gasteiger partial charge in [-0.1, -0.05) is 0 Å². The molecule has 2 aromatic rings. The van der Waals surface area contributed by atoms with Crippen molar-refractivity contribution in [2.24, 2.45) is 0 Å². The van der Waals surface area contributed by atoms with E-state index in [1.165, 1.54) is 12.8 Å². The van der Waals surface area contributed by atoms with Crippen molar-refractivity contribution in [1.29, 1.82) is 0 Å². The highest BCUT2D eigenvalue weighted by Crippen LogP contribution is 2.25. The van der Waals surface area contributed by atoms with Crippen LogP contribution < -0.4 is 10.6 Å². The topological polar surface area (TPSA) is 70.7 Å². The van der Waals surface area contributed by atoms with E-state index in [-0.39, 0.29) is 18.1 Å². The molecule has 2 N–H and O–H groups in total. The molecule has 2 aromatic heterocycles. The first-order valence-electron chi connectivity index (χ1n) is 8.93. The number of carbonyl (C=O) groups is 1. The lowest BCUT2D eigenvalue weighted by atomic mass is 10.1. The summed E-state index contributed by atoms with van der Waals surface area (Å²) in [6, 6.07) is 5.63. The summed E-state index contributed by atoms with van der Waals surface area (Å²) < 4.78 is 11.1. The lowest BCUT2D eigenvalue weighted by Crippen LogP contribution is -2.42. The van der Waals surface area contributed by atoms with Crippen LogP contribution in [0.25, 0.3) is 0 Å². The van der Waals surface area contributed by atoms with Crippen LogP contribution in [0.5, 0.6) is 0 Å². The Morgan fingerprint density at radius 3 is 2.68 bits per heavy atom. The quantitative estimate of drug-likeness (QED) is 0.838. The first-order valence-corrected chi connectivity index (χ1v) is 8.93. The van der Waals surface area contributed by atoms with Gasteiger partial charge in [0.05, 0.1) is 18.3 Å². The molecule has 0 saturated carbocycles. The minimum Gasteiger partial charge on any atom is -0.468 e. The molecule has 0 bridgehead atoms. The SMILES string of the molecule is Cc1cc(C(C)NC(=O)NCC(c2ccco2)N2CCCC2)c(C)o1. The summed E-state index contributed by atoms with van der Waals surface area (Å²) in [6.07, 6.45) is 4.07. The molecule has 1 aliphatic rings. The fourth-order valence-electron chi connectivity index (χ4n) is 3.54. The molecule has 2 atom stereocenters. The zero-order valence-electron chi connectivity index (χ0n) is 15.2. The number of rotatable bonds is 6. The number of nitrogens with zero attached hydrogens (tertiary/aromatic N) is 1. The average molecular weight is 345 g/mol. The number of likely N-dealkylation sites (tertiary alicyclic amines) is 1. The van der Waals surface area contributed by atoms with Crippen LogP contribution in [0.15, 0.2) is 33.3 Å². The maximum atomic E-state index is 12.3. The van der Waals surface area contributed by atoms with Gasteiger partial charge in [0, 0.05) is 12.1 Å². The van der Waals surface area contributed by atoms with E-state index >= 15 is 0 Å². The number of hydrogen-bond acceptors (Lipinski definition) is 4. The molecule has 3 heterocycles. The molecule has 0 spiro atoms. The minimum atomic E-state index is -0.179. The molecule has 6 nitrogen and oxygen atoms in total. The Morgan fingerprint density at radius 1 is 1.32 bits per heavy atom. The smallest absolute Gasteiger partial charge is 0.315 e. The highest BCUT2D eigenvalue weighted by Gasteiger charge is 2.26. The maximum Gasteiger partial charge on any atom is 0.315 e. The number of amides is 2. The first-order chi connectivity index (χ1) is 12.0. The van der Waals surface area contributed by atoms with Crippen molar-refractivity contribution >= 4 is 6.03 Å². The molecular formula is C19H27N3O3. The summed E-state index contributed by atoms with van der Waals surface area (Å²) >= 11 is 0. The van der Waals surface area contributed by atoms with Crippen LogP contribution in [0, 0.1) is 13.8 Å². The van der Waals surface area contributed by atoms with Gasteiger partial charge in [-0.2, -0.15) is 0 Å². The zero-order chi connectivity index (χ0) is 17.8. The Bertz CT molecular complexity index is 687. The molecule has 0 radical (unpaired) electrons. The van der Waals surface area contributed by atoms with Crippen molar-refractivity contribution in [3.05, 3.63) is 47.3 Å².